The summed E-state index contributed by atoms with van der Waals surface area (Å²) in [6.45, 7) is 1.46. The van der Waals surface area contributed by atoms with Crippen molar-refractivity contribution < 1.29 is 31.5 Å². The van der Waals surface area contributed by atoms with Gasteiger partial charge in [0.05, 0.1) is 5.75 Å². The standard InChI is InChI=1S/C8H14F3NO4S/c1-2-6(7(13)14)12-17(15,16)5-3-4-8(9,10)11/h6,12H,2-5H2,1H3,(H,13,14). The molecule has 9 heteroatoms. The van der Waals surface area contributed by atoms with Crippen LogP contribution in [0.25, 0.3) is 0 Å². The van der Waals surface area contributed by atoms with Crippen molar-refractivity contribution >= 4 is 16.0 Å². The predicted molar refractivity (Wildman–Crippen MR) is 53.9 cm³/mol. The summed E-state index contributed by atoms with van der Waals surface area (Å²) in [5.41, 5.74) is 0. The topological polar surface area (TPSA) is 83.5 Å². The zero-order valence-corrected chi connectivity index (χ0v) is 9.94. The zero-order valence-electron chi connectivity index (χ0n) is 9.12. The Bertz CT molecular complexity index is 352. The lowest BCUT2D eigenvalue weighted by Gasteiger charge is -2.13. The van der Waals surface area contributed by atoms with E-state index in [4.69, 9.17) is 5.11 Å². The minimum atomic E-state index is -4.41. The van der Waals surface area contributed by atoms with Crippen LogP contribution in [0.4, 0.5) is 13.2 Å². The average Bonchev–Trinajstić information content (AvgIpc) is 2.11. The van der Waals surface area contributed by atoms with Crippen LogP contribution in [-0.4, -0.2) is 37.5 Å². The van der Waals surface area contributed by atoms with Gasteiger partial charge >= 0.3 is 12.1 Å². The lowest BCUT2D eigenvalue weighted by molar-refractivity contribution is -0.139. The largest absolute Gasteiger partial charge is 0.480 e. The second kappa shape index (κ2) is 6.20. The zero-order chi connectivity index (χ0) is 13.7. The van der Waals surface area contributed by atoms with E-state index in [0.717, 1.165) is 0 Å². The summed E-state index contributed by atoms with van der Waals surface area (Å²) in [7, 11) is -3.99. The normalized spacial score (nSPS) is 14.6. The van der Waals surface area contributed by atoms with E-state index in [1.807, 2.05) is 4.72 Å². The Morgan fingerprint density at radius 1 is 1.41 bits per heavy atom. The third kappa shape index (κ3) is 7.97. The van der Waals surface area contributed by atoms with E-state index >= 15 is 0 Å². The molecule has 0 heterocycles. The minimum absolute atomic E-state index is 0.0217. The number of halogens is 3. The second-order valence-electron chi connectivity index (χ2n) is 3.45. The quantitative estimate of drug-likeness (QED) is 0.730. The highest BCUT2D eigenvalue weighted by Gasteiger charge is 2.28. The van der Waals surface area contributed by atoms with E-state index in [0.29, 0.717) is 0 Å². The first-order chi connectivity index (χ1) is 7.57. The van der Waals surface area contributed by atoms with Gasteiger partial charge < -0.3 is 5.11 Å². The Morgan fingerprint density at radius 3 is 2.29 bits per heavy atom. The average molecular weight is 277 g/mol. The lowest BCUT2D eigenvalue weighted by Crippen LogP contribution is -2.41. The van der Waals surface area contributed by atoms with Crippen molar-refractivity contribution in [2.45, 2.75) is 38.4 Å². The summed E-state index contributed by atoms with van der Waals surface area (Å²) in [4.78, 5) is 10.5. The van der Waals surface area contributed by atoms with Gasteiger partial charge in [-0.15, -0.1) is 0 Å². The van der Waals surface area contributed by atoms with Crippen molar-refractivity contribution in [3.05, 3.63) is 0 Å². The second-order valence-corrected chi connectivity index (χ2v) is 5.33. The Labute approximate surface area is 97.1 Å². The maximum Gasteiger partial charge on any atom is 0.389 e. The van der Waals surface area contributed by atoms with Gasteiger partial charge in [0.1, 0.15) is 6.04 Å². The summed E-state index contributed by atoms with van der Waals surface area (Å²) >= 11 is 0. The van der Waals surface area contributed by atoms with Crippen molar-refractivity contribution in [3.8, 4) is 0 Å². The highest BCUT2D eigenvalue weighted by molar-refractivity contribution is 7.89. The molecular weight excluding hydrogens is 263 g/mol. The van der Waals surface area contributed by atoms with Crippen LogP contribution in [0, 0.1) is 0 Å². The number of nitrogens with one attached hydrogen (secondary N) is 1. The molecule has 5 nitrogen and oxygen atoms in total. The highest BCUT2D eigenvalue weighted by atomic mass is 32.2. The number of hydrogen-bond donors (Lipinski definition) is 2. The van der Waals surface area contributed by atoms with Crippen molar-refractivity contribution in [1.29, 1.82) is 0 Å². The molecule has 1 unspecified atom stereocenters. The molecule has 2 N–H and O–H groups in total. The number of carbonyl (C=O) groups is 1. The van der Waals surface area contributed by atoms with Crippen LogP contribution in [0.3, 0.4) is 0 Å². The molecule has 0 spiro atoms. The maximum atomic E-state index is 11.8. The highest BCUT2D eigenvalue weighted by Crippen LogP contribution is 2.21. The summed E-state index contributed by atoms with van der Waals surface area (Å²) in [6.07, 6.45) is -6.19. The molecule has 0 saturated heterocycles. The molecule has 102 valence electrons. The predicted octanol–water partition coefficient (Wildman–Crippen LogP) is 1.11. The fraction of sp³-hybridized carbons (Fsp3) is 0.875. The summed E-state index contributed by atoms with van der Waals surface area (Å²) in [6, 6.07) is -1.30. The van der Waals surface area contributed by atoms with Crippen LogP contribution in [0.2, 0.25) is 0 Å². The van der Waals surface area contributed by atoms with Crippen LogP contribution in [0.15, 0.2) is 0 Å². The van der Waals surface area contributed by atoms with Crippen molar-refractivity contribution in [3.63, 3.8) is 0 Å². The van der Waals surface area contributed by atoms with Gasteiger partial charge in [-0.1, -0.05) is 6.92 Å². The molecule has 0 fully saturated rings. The third-order valence-electron chi connectivity index (χ3n) is 1.90. The van der Waals surface area contributed by atoms with E-state index in [9.17, 15) is 26.4 Å². The Kier molecular flexibility index (Phi) is 5.89. The number of carboxylic acid groups (broad SMARTS) is 1. The molecule has 1 atom stereocenters. The third-order valence-corrected chi connectivity index (χ3v) is 3.37. The molecule has 0 amide bonds. The molecule has 0 aromatic carbocycles. The van der Waals surface area contributed by atoms with Crippen LogP contribution in [-0.2, 0) is 14.8 Å². The van der Waals surface area contributed by atoms with Gasteiger partial charge in [-0.25, -0.2) is 13.1 Å². The van der Waals surface area contributed by atoms with E-state index in [1.165, 1.54) is 6.92 Å². The minimum Gasteiger partial charge on any atom is -0.480 e. The van der Waals surface area contributed by atoms with E-state index in [2.05, 4.69) is 0 Å². The Balaban J connectivity index is 4.26. The number of rotatable bonds is 7. The van der Waals surface area contributed by atoms with Gasteiger partial charge in [-0.05, 0) is 12.8 Å². The van der Waals surface area contributed by atoms with Gasteiger partial charge in [0.15, 0.2) is 0 Å². The first-order valence-corrected chi connectivity index (χ1v) is 6.52. The van der Waals surface area contributed by atoms with Crippen molar-refractivity contribution in [2.75, 3.05) is 5.75 Å². The molecule has 0 aliphatic carbocycles. The Morgan fingerprint density at radius 2 is 1.94 bits per heavy atom. The maximum absolute atomic E-state index is 11.8. The fourth-order valence-electron chi connectivity index (χ4n) is 1.05. The molecule has 0 aliphatic rings. The van der Waals surface area contributed by atoms with Crippen LogP contribution < -0.4 is 4.72 Å². The molecular formula is C8H14F3NO4S. The molecule has 0 bridgehead atoms. The molecule has 0 radical (unpaired) electrons. The van der Waals surface area contributed by atoms with Crippen molar-refractivity contribution in [2.24, 2.45) is 0 Å². The van der Waals surface area contributed by atoms with Gasteiger partial charge in [0, 0.05) is 6.42 Å². The molecule has 0 aliphatic heterocycles. The number of alkyl halides is 3. The molecule has 0 saturated carbocycles. The fourth-order valence-corrected chi connectivity index (χ4v) is 2.39. The van der Waals surface area contributed by atoms with Crippen LogP contribution in [0.5, 0.6) is 0 Å². The molecule has 0 aromatic heterocycles. The summed E-state index contributed by atoms with van der Waals surface area (Å²) < 4.78 is 59.7. The lowest BCUT2D eigenvalue weighted by atomic mass is 10.2. The van der Waals surface area contributed by atoms with E-state index < -0.39 is 46.8 Å². The summed E-state index contributed by atoms with van der Waals surface area (Å²) in [5.74, 6) is -2.09. The van der Waals surface area contributed by atoms with Crippen LogP contribution >= 0.6 is 0 Å². The number of hydrogen-bond acceptors (Lipinski definition) is 3. The first kappa shape index (κ1) is 16.2. The number of sulfonamides is 1. The van der Waals surface area contributed by atoms with E-state index in [-0.39, 0.29) is 6.42 Å². The number of aliphatic carboxylic acids is 1. The van der Waals surface area contributed by atoms with Gasteiger partial charge in [-0.2, -0.15) is 13.2 Å². The molecule has 17 heavy (non-hydrogen) atoms. The van der Waals surface area contributed by atoms with Gasteiger partial charge in [-0.3, -0.25) is 4.79 Å². The summed E-state index contributed by atoms with van der Waals surface area (Å²) in [5, 5.41) is 8.58. The van der Waals surface area contributed by atoms with Gasteiger partial charge in [0.25, 0.3) is 0 Å². The van der Waals surface area contributed by atoms with Gasteiger partial charge in [0.2, 0.25) is 10.0 Å². The first-order valence-electron chi connectivity index (χ1n) is 4.87. The smallest absolute Gasteiger partial charge is 0.389 e. The molecule has 0 rings (SSSR count). The number of carboxylic acids is 1. The molecule has 0 aromatic rings. The van der Waals surface area contributed by atoms with Crippen molar-refractivity contribution in [1.82, 2.24) is 4.72 Å². The monoisotopic (exact) mass is 277 g/mol. The Hall–Kier alpha value is -0.830. The SMILES string of the molecule is CCC(NS(=O)(=O)CCCC(F)(F)F)C(=O)O. The van der Waals surface area contributed by atoms with E-state index in [1.54, 1.807) is 0 Å². The van der Waals surface area contributed by atoms with Crippen LogP contribution in [0.1, 0.15) is 26.2 Å².